The van der Waals surface area contributed by atoms with E-state index in [-0.39, 0.29) is 6.61 Å². The quantitative estimate of drug-likeness (QED) is 0.331. The van der Waals surface area contributed by atoms with Crippen LogP contribution in [0.5, 0.6) is 17.2 Å². The number of benzene rings is 3. The molecule has 5 heteroatoms. The number of hydrogen-bond donors (Lipinski definition) is 0. The van der Waals surface area contributed by atoms with E-state index < -0.39 is 0 Å². The molecule has 0 radical (unpaired) electrons. The average molecular weight is 361 g/mol. The fourth-order valence-corrected chi connectivity index (χ4v) is 2.41. The second-order valence-corrected chi connectivity index (χ2v) is 5.64. The van der Waals surface area contributed by atoms with Gasteiger partial charge in [0.25, 0.3) is 0 Å². The predicted octanol–water partition coefficient (Wildman–Crippen LogP) is 4.72. The summed E-state index contributed by atoms with van der Waals surface area (Å²) in [5.41, 5.74) is 2.25. The number of oxime groups is 1. The number of ether oxygens (including phenoxy) is 2. The summed E-state index contributed by atoms with van der Waals surface area (Å²) < 4.78 is 11.6. The third kappa shape index (κ3) is 5.19. The van der Waals surface area contributed by atoms with Crippen LogP contribution in [0, 0.1) is 0 Å². The Hall–Kier alpha value is -3.60. The number of rotatable bonds is 8. The zero-order chi connectivity index (χ0) is 18.9. The summed E-state index contributed by atoms with van der Waals surface area (Å²) in [4.78, 5) is 15.6. The van der Waals surface area contributed by atoms with E-state index in [0.29, 0.717) is 28.5 Å². The van der Waals surface area contributed by atoms with E-state index in [9.17, 15) is 4.79 Å². The Balaban J connectivity index is 1.61. The standard InChI is InChI=1S/C22H19NO4/c1-25-23-22(18-5-3-2-4-6-18)16-26-19-11-13-21(14-12-19)27-20-9-7-17(15-24)8-10-20/h2-15H,16H2,1H3. The van der Waals surface area contributed by atoms with Gasteiger partial charge < -0.3 is 14.3 Å². The molecule has 5 nitrogen and oxygen atoms in total. The summed E-state index contributed by atoms with van der Waals surface area (Å²) in [6, 6.07) is 23.9. The Kier molecular flexibility index (Phi) is 6.20. The van der Waals surface area contributed by atoms with Crippen molar-refractivity contribution in [3.05, 3.63) is 90.0 Å². The van der Waals surface area contributed by atoms with Gasteiger partial charge in [-0.25, -0.2) is 0 Å². The molecule has 0 fully saturated rings. The van der Waals surface area contributed by atoms with Gasteiger partial charge in [0.05, 0.1) is 0 Å². The van der Waals surface area contributed by atoms with Crippen LogP contribution in [0.3, 0.4) is 0 Å². The SMILES string of the molecule is CON=C(COc1ccc(Oc2ccc(C=O)cc2)cc1)c1ccccc1. The summed E-state index contributed by atoms with van der Waals surface area (Å²) in [6.07, 6.45) is 0.798. The van der Waals surface area contributed by atoms with Crippen molar-refractivity contribution in [3.8, 4) is 17.2 Å². The fraction of sp³-hybridized carbons (Fsp3) is 0.0909. The van der Waals surface area contributed by atoms with Gasteiger partial charge in [0.2, 0.25) is 0 Å². The number of carbonyl (C=O) groups is 1. The molecule has 0 aliphatic carbocycles. The molecule has 0 N–H and O–H groups in total. The molecule has 0 atom stereocenters. The summed E-state index contributed by atoms with van der Waals surface area (Å²) in [5, 5.41) is 4.04. The predicted molar refractivity (Wildman–Crippen MR) is 104 cm³/mol. The van der Waals surface area contributed by atoms with Crippen LogP contribution in [-0.2, 0) is 4.84 Å². The minimum atomic E-state index is 0.283. The molecule has 0 saturated heterocycles. The third-order valence-corrected chi connectivity index (χ3v) is 3.76. The highest BCUT2D eigenvalue weighted by Gasteiger charge is 2.06. The monoisotopic (exact) mass is 361 g/mol. The van der Waals surface area contributed by atoms with Crippen molar-refractivity contribution in [2.24, 2.45) is 5.16 Å². The minimum absolute atomic E-state index is 0.283. The molecule has 136 valence electrons. The largest absolute Gasteiger partial charge is 0.487 e. The molecule has 0 saturated carbocycles. The van der Waals surface area contributed by atoms with Crippen molar-refractivity contribution in [2.75, 3.05) is 13.7 Å². The van der Waals surface area contributed by atoms with Crippen LogP contribution in [0.1, 0.15) is 15.9 Å². The van der Waals surface area contributed by atoms with E-state index in [1.165, 1.54) is 7.11 Å². The normalized spacial score (nSPS) is 10.9. The van der Waals surface area contributed by atoms with Crippen molar-refractivity contribution in [3.63, 3.8) is 0 Å². The van der Waals surface area contributed by atoms with Gasteiger partial charge in [-0.1, -0.05) is 35.5 Å². The molecule has 27 heavy (non-hydrogen) atoms. The third-order valence-electron chi connectivity index (χ3n) is 3.76. The van der Waals surface area contributed by atoms with Crippen molar-refractivity contribution >= 4 is 12.0 Å². The van der Waals surface area contributed by atoms with E-state index in [0.717, 1.165) is 11.8 Å². The van der Waals surface area contributed by atoms with Crippen molar-refractivity contribution in [2.45, 2.75) is 0 Å². The van der Waals surface area contributed by atoms with Gasteiger partial charge in [-0.3, -0.25) is 4.79 Å². The van der Waals surface area contributed by atoms with E-state index in [1.807, 2.05) is 54.6 Å². The molecule has 0 amide bonds. The molecule has 0 spiro atoms. The molecule has 0 unspecified atom stereocenters. The molecule has 0 aliphatic rings. The topological polar surface area (TPSA) is 57.1 Å². The Bertz CT molecular complexity index is 888. The van der Waals surface area contributed by atoms with Crippen LogP contribution >= 0.6 is 0 Å². The summed E-state index contributed by atoms with van der Waals surface area (Å²) >= 11 is 0. The Morgan fingerprint density at radius 3 is 2.04 bits per heavy atom. The van der Waals surface area contributed by atoms with E-state index in [2.05, 4.69) is 5.16 Å². The van der Waals surface area contributed by atoms with Gasteiger partial charge in [0, 0.05) is 11.1 Å². The Labute approximate surface area is 157 Å². The number of hydrogen-bond acceptors (Lipinski definition) is 5. The lowest BCUT2D eigenvalue weighted by molar-refractivity contribution is 0.112. The first-order valence-corrected chi connectivity index (χ1v) is 8.40. The summed E-state index contributed by atoms with van der Waals surface area (Å²) in [6.45, 7) is 0.283. The van der Waals surface area contributed by atoms with Crippen molar-refractivity contribution in [1.82, 2.24) is 0 Å². The lowest BCUT2D eigenvalue weighted by Crippen LogP contribution is -2.13. The zero-order valence-corrected chi connectivity index (χ0v) is 14.9. The molecule has 0 aromatic heterocycles. The van der Waals surface area contributed by atoms with Gasteiger partial charge in [-0.05, 0) is 48.5 Å². The smallest absolute Gasteiger partial charge is 0.150 e. The first-order chi connectivity index (χ1) is 13.3. The molecule has 3 aromatic rings. The second kappa shape index (κ2) is 9.20. The maximum absolute atomic E-state index is 10.7. The molecule has 3 rings (SSSR count). The van der Waals surface area contributed by atoms with E-state index in [4.69, 9.17) is 14.3 Å². The van der Waals surface area contributed by atoms with Crippen LogP contribution < -0.4 is 9.47 Å². The minimum Gasteiger partial charge on any atom is -0.487 e. The highest BCUT2D eigenvalue weighted by Crippen LogP contribution is 2.24. The molecule has 3 aromatic carbocycles. The molecule has 0 heterocycles. The lowest BCUT2D eigenvalue weighted by Gasteiger charge is -2.10. The van der Waals surface area contributed by atoms with Crippen molar-refractivity contribution < 1.29 is 19.1 Å². The summed E-state index contributed by atoms with van der Waals surface area (Å²) in [7, 11) is 1.51. The molecule has 0 bridgehead atoms. The number of carbonyl (C=O) groups excluding carboxylic acids is 1. The molecular weight excluding hydrogens is 342 g/mol. The summed E-state index contributed by atoms with van der Waals surface area (Å²) in [5.74, 6) is 2.03. The highest BCUT2D eigenvalue weighted by atomic mass is 16.6. The number of aldehydes is 1. The van der Waals surface area contributed by atoms with E-state index in [1.54, 1.807) is 24.3 Å². The average Bonchev–Trinajstić information content (AvgIpc) is 2.73. The van der Waals surface area contributed by atoms with Crippen LogP contribution in [0.25, 0.3) is 0 Å². The van der Waals surface area contributed by atoms with Crippen LogP contribution in [0.15, 0.2) is 84.0 Å². The number of nitrogens with zero attached hydrogens (tertiary/aromatic N) is 1. The molecule has 0 aliphatic heterocycles. The molecular formula is C22H19NO4. The Morgan fingerprint density at radius 2 is 1.44 bits per heavy atom. The maximum atomic E-state index is 10.7. The van der Waals surface area contributed by atoms with Gasteiger partial charge in [0.1, 0.15) is 43.0 Å². The zero-order valence-electron chi connectivity index (χ0n) is 14.9. The Morgan fingerprint density at radius 1 is 0.852 bits per heavy atom. The van der Waals surface area contributed by atoms with Crippen LogP contribution in [-0.4, -0.2) is 25.7 Å². The van der Waals surface area contributed by atoms with Gasteiger partial charge >= 0.3 is 0 Å². The second-order valence-electron chi connectivity index (χ2n) is 5.64. The van der Waals surface area contributed by atoms with Gasteiger partial charge in [-0.2, -0.15) is 0 Å². The highest BCUT2D eigenvalue weighted by molar-refractivity contribution is 6.01. The fourth-order valence-electron chi connectivity index (χ4n) is 2.41. The first-order valence-electron chi connectivity index (χ1n) is 8.40. The lowest BCUT2D eigenvalue weighted by atomic mass is 10.1. The van der Waals surface area contributed by atoms with Gasteiger partial charge in [0.15, 0.2) is 0 Å². The van der Waals surface area contributed by atoms with Gasteiger partial charge in [-0.15, -0.1) is 0 Å². The van der Waals surface area contributed by atoms with E-state index >= 15 is 0 Å². The van der Waals surface area contributed by atoms with Crippen LogP contribution in [0.2, 0.25) is 0 Å². The maximum Gasteiger partial charge on any atom is 0.150 e. The van der Waals surface area contributed by atoms with Crippen molar-refractivity contribution in [1.29, 1.82) is 0 Å². The first kappa shape index (κ1) is 18.2. The van der Waals surface area contributed by atoms with Crippen LogP contribution in [0.4, 0.5) is 0 Å².